The first-order valence-corrected chi connectivity index (χ1v) is 7.76. The van der Waals surface area contributed by atoms with Gasteiger partial charge in [-0.25, -0.2) is 0 Å². The van der Waals surface area contributed by atoms with Gasteiger partial charge in [0, 0.05) is 19.7 Å². The van der Waals surface area contributed by atoms with Crippen molar-refractivity contribution in [3.63, 3.8) is 0 Å². The van der Waals surface area contributed by atoms with E-state index in [1.54, 1.807) is 7.11 Å². The number of ether oxygens (including phenoxy) is 1. The number of hydrogen-bond donors (Lipinski definition) is 1. The van der Waals surface area contributed by atoms with Crippen LogP contribution in [0.1, 0.15) is 43.4 Å². The fourth-order valence-electron chi connectivity index (χ4n) is 3.10. The van der Waals surface area contributed by atoms with Crippen LogP contribution < -0.4 is 5.73 Å². The van der Waals surface area contributed by atoms with Gasteiger partial charge >= 0.3 is 0 Å². The molecule has 1 aliphatic rings. The molecule has 2 N–H and O–H groups in total. The Hall–Kier alpha value is -0.900. The van der Waals surface area contributed by atoms with E-state index in [9.17, 15) is 0 Å². The first kappa shape index (κ1) is 15.5. The number of benzene rings is 1. The lowest BCUT2D eigenvalue weighted by Gasteiger charge is -2.30. The fourth-order valence-corrected chi connectivity index (χ4v) is 3.10. The third-order valence-corrected chi connectivity index (χ3v) is 4.39. The molecule has 2 atom stereocenters. The summed E-state index contributed by atoms with van der Waals surface area (Å²) in [7, 11) is 1.73. The van der Waals surface area contributed by atoms with Gasteiger partial charge in [-0.15, -0.1) is 0 Å². The second-order valence-corrected chi connectivity index (χ2v) is 6.00. The van der Waals surface area contributed by atoms with Gasteiger partial charge in [-0.1, -0.05) is 31.2 Å². The summed E-state index contributed by atoms with van der Waals surface area (Å²) in [4.78, 5) is 2.56. The molecule has 1 aromatic carbocycles. The summed E-state index contributed by atoms with van der Waals surface area (Å²) in [6.45, 7) is 6.07. The molecule has 112 valence electrons. The molecule has 0 spiro atoms. The summed E-state index contributed by atoms with van der Waals surface area (Å²) in [5, 5.41) is 0. The molecule has 1 saturated heterocycles. The summed E-state index contributed by atoms with van der Waals surface area (Å²) in [5.74, 6) is 0.850. The van der Waals surface area contributed by atoms with Gasteiger partial charge in [0.15, 0.2) is 0 Å². The quantitative estimate of drug-likeness (QED) is 0.898. The smallest absolute Gasteiger partial charge is 0.0713 e. The lowest BCUT2D eigenvalue weighted by atomic mass is 10.0. The molecule has 1 heterocycles. The van der Waals surface area contributed by atoms with Gasteiger partial charge in [-0.2, -0.15) is 0 Å². The molecule has 1 aromatic rings. The van der Waals surface area contributed by atoms with Crippen LogP contribution in [-0.2, 0) is 11.3 Å². The molecule has 3 nitrogen and oxygen atoms in total. The minimum atomic E-state index is 0.358. The van der Waals surface area contributed by atoms with E-state index in [0.717, 1.165) is 5.92 Å². The van der Waals surface area contributed by atoms with E-state index in [1.165, 1.54) is 43.5 Å². The topological polar surface area (TPSA) is 38.5 Å². The molecule has 0 amide bonds. The van der Waals surface area contributed by atoms with E-state index in [2.05, 4.69) is 36.1 Å². The average Bonchev–Trinajstić information content (AvgIpc) is 2.67. The number of methoxy groups -OCH3 is 1. The summed E-state index contributed by atoms with van der Waals surface area (Å²) in [5.41, 5.74) is 8.61. The molecule has 3 heteroatoms. The highest BCUT2D eigenvalue weighted by Gasteiger charge is 2.21. The van der Waals surface area contributed by atoms with Crippen LogP contribution >= 0.6 is 0 Å². The third-order valence-electron chi connectivity index (χ3n) is 4.39. The number of nitrogens with zero attached hydrogens (tertiary/aromatic N) is 1. The standard InChI is InChI=1S/C17H28N2O/c1-14-4-3-10-19(11-9-14)17(12-18)16-7-5-15(6-8-16)13-20-2/h5-8,14,17H,3-4,9-13,18H2,1-2H3. The highest BCUT2D eigenvalue weighted by molar-refractivity contribution is 5.25. The predicted molar refractivity (Wildman–Crippen MR) is 83.5 cm³/mol. The fraction of sp³-hybridized carbons (Fsp3) is 0.647. The zero-order chi connectivity index (χ0) is 14.4. The van der Waals surface area contributed by atoms with Crippen LogP contribution in [0.5, 0.6) is 0 Å². The van der Waals surface area contributed by atoms with E-state index in [-0.39, 0.29) is 0 Å². The highest BCUT2D eigenvalue weighted by Crippen LogP contribution is 2.25. The Morgan fingerprint density at radius 1 is 1.25 bits per heavy atom. The van der Waals surface area contributed by atoms with Crippen LogP contribution in [0.25, 0.3) is 0 Å². The van der Waals surface area contributed by atoms with Crippen molar-refractivity contribution in [3.05, 3.63) is 35.4 Å². The number of hydrogen-bond acceptors (Lipinski definition) is 3. The maximum absolute atomic E-state index is 6.05. The monoisotopic (exact) mass is 276 g/mol. The maximum atomic E-state index is 6.05. The molecule has 20 heavy (non-hydrogen) atoms. The molecular formula is C17H28N2O. The Morgan fingerprint density at radius 3 is 2.65 bits per heavy atom. The van der Waals surface area contributed by atoms with Crippen LogP contribution in [0.15, 0.2) is 24.3 Å². The third kappa shape index (κ3) is 4.05. The number of nitrogens with two attached hydrogens (primary N) is 1. The van der Waals surface area contributed by atoms with Crippen molar-refractivity contribution < 1.29 is 4.74 Å². The van der Waals surface area contributed by atoms with E-state index in [0.29, 0.717) is 19.2 Å². The molecule has 1 aliphatic heterocycles. The van der Waals surface area contributed by atoms with Gasteiger partial charge in [0.2, 0.25) is 0 Å². The number of rotatable bonds is 5. The van der Waals surface area contributed by atoms with Gasteiger partial charge < -0.3 is 10.5 Å². The van der Waals surface area contributed by atoms with Crippen molar-refractivity contribution in [1.82, 2.24) is 4.90 Å². The van der Waals surface area contributed by atoms with Crippen molar-refractivity contribution in [2.24, 2.45) is 11.7 Å². The molecule has 2 unspecified atom stereocenters. The first-order chi connectivity index (χ1) is 9.74. The van der Waals surface area contributed by atoms with Crippen LogP contribution in [-0.4, -0.2) is 31.6 Å². The zero-order valence-corrected chi connectivity index (χ0v) is 12.8. The Labute approximate surface area is 123 Å². The first-order valence-electron chi connectivity index (χ1n) is 7.76. The minimum absolute atomic E-state index is 0.358. The van der Waals surface area contributed by atoms with E-state index in [1.807, 2.05) is 0 Å². The Balaban J connectivity index is 2.06. The summed E-state index contributed by atoms with van der Waals surface area (Å²) < 4.78 is 5.16. The molecule has 0 radical (unpaired) electrons. The van der Waals surface area contributed by atoms with Crippen LogP contribution in [0.2, 0.25) is 0 Å². The Bertz CT molecular complexity index is 390. The minimum Gasteiger partial charge on any atom is -0.380 e. The Morgan fingerprint density at radius 2 is 2.00 bits per heavy atom. The molecule has 0 aliphatic carbocycles. The van der Waals surface area contributed by atoms with E-state index in [4.69, 9.17) is 10.5 Å². The summed E-state index contributed by atoms with van der Waals surface area (Å²) in [6, 6.07) is 9.08. The van der Waals surface area contributed by atoms with Crippen LogP contribution in [0.3, 0.4) is 0 Å². The molecule has 0 saturated carbocycles. The van der Waals surface area contributed by atoms with Crippen molar-refractivity contribution >= 4 is 0 Å². The lowest BCUT2D eigenvalue weighted by Crippen LogP contribution is -2.34. The van der Waals surface area contributed by atoms with Gasteiger partial charge in [0.1, 0.15) is 0 Å². The van der Waals surface area contributed by atoms with Gasteiger partial charge in [-0.3, -0.25) is 4.90 Å². The molecule has 0 aromatic heterocycles. The van der Waals surface area contributed by atoms with Crippen LogP contribution in [0, 0.1) is 5.92 Å². The molecule has 0 bridgehead atoms. The van der Waals surface area contributed by atoms with Crippen molar-refractivity contribution in [2.45, 2.75) is 38.8 Å². The number of likely N-dealkylation sites (tertiary alicyclic amines) is 1. The summed E-state index contributed by atoms with van der Waals surface area (Å²) >= 11 is 0. The van der Waals surface area contributed by atoms with Gasteiger partial charge in [0.25, 0.3) is 0 Å². The zero-order valence-electron chi connectivity index (χ0n) is 12.8. The summed E-state index contributed by atoms with van der Waals surface area (Å²) in [6.07, 6.45) is 3.93. The second kappa shape index (κ2) is 7.77. The lowest BCUT2D eigenvalue weighted by molar-refractivity contribution is 0.184. The predicted octanol–water partition coefficient (Wildman–Crippen LogP) is 2.95. The van der Waals surface area contributed by atoms with Crippen molar-refractivity contribution in [3.8, 4) is 0 Å². The van der Waals surface area contributed by atoms with Gasteiger partial charge in [0.05, 0.1) is 6.61 Å². The largest absolute Gasteiger partial charge is 0.380 e. The SMILES string of the molecule is COCc1ccc(C(CN)N2CCCC(C)CC2)cc1. The van der Waals surface area contributed by atoms with E-state index >= 15 is 0 Å². The second-order valence-electron chi connectivity index (χ2n) is 6.00. The molecule has 1 fully saturated rings. The molecular weight excluding hydrogens is 248 g/mol. The van der Waals surface area contributed by atoms with Crippen LogP contribution in [0.4, 0.5) is 0 Å². The maximum Gasteiger partial charge on any atom is 0.0713 e. The highest BCUT2D eigenvalue weighted by atomic mass is 16.5. The van der Waals surface area contributed by atoms with Crippen molar-refractivity contribution in [1.29, 1.82) is 0 Å². The normalized spacial score (nSPS) is 22.4. The van der Waals surface area contributed by atoms with Gasteiger partial charge in [-0.05, 0) is 49.4 Å². The Kier molecular flexibility index (Phi) is 6.02. The van der Waals surface area contributed by atoms with Crippen molar-refractivity contribution in [2.75, 3.05) is 26.7 Å². The molecule has 2 rings (SSSR count). The average molecular weight is 276 g/mol. The van der Waals surface area contributed by atoms with E-state index < -0.39 is 0 Å².